The maximum atomic E-state index is 12.1. The highest BCUT2D eigenvalue weighted by Gasteiger charge is 2.16. The summed E-state index contributed by atoms with van der Waals surface area (Å²) in [7, 11) is 0. The largest absolute Gasteiger partial charge is 0.379 e. The van der Waals surface area contributed by atoms with E-state index in [4.69, 9.17) is 30.5 Å². The van der Waals surface area contributed by atoms with Gasteiger partial charge in [0.05, 0.1) is 52.9 Å². The molecule has 10 nitrogen and oxygen atoms in total. The van der Waals surface area contributed by atoms with Crippen molar-refractivity contribution in [3.05, 3.63) is 0 Å². The third-order valence-electron chi connectivity index (χ3n) is 6.71. The normalized spacial score (nSPS) is 22.9. The van der Waals surface area contributed by atoms with Crippen LogP contribution < -0.4 is 16.9 Å². The monoisotopic (exact) mass is 501 g/mol. The summed E-state index contributed by atoms with van der Waals surface area (Å²) in [6, 6.07) is 0.269. The Morgan fingerprint density at radius 1 is 0.771 bits per heavy atom. The lowest BCUT2D eigenvalue weighted by Crippen LogP contribution is -2.50. The van der Waals surface area contributed by atoms with Crippen LogP contribution in [-0.4, -0.2) is 114 Å². The van der Waals surface area contributed by atoms with Crippen LogP contribution >= 0.6 is 0 Å². The third kappa shape index (κ3) is 16.5. The SMILES string of the molecule is NC1CCCCCCC(CNC(=O)CCOCCOCCOCCOCCN2CCN(N)CC2)C1. The fraction of sp³-hybridized carbons (Fsp3) is 0.960. The minimum absolute atomic E-state index is 0.0492. The molecule has 1 amide bonds. The zero-order valence-electron chi connectivity index (χ0n) is 21.8. The molecule has 1 saturated heterocycles. The third-order valence-corrected chi connectivity index (χ3v) is 6.71. The Hall–Kier alpha value is -0.850. The summed E-state index contributed by atoms with van der Waals surface area (Å²) in [6.07, 6.45) is 8.69. The van der Waals surface area contributed by atoms with Gasteiger partial charge in [0.1, 0.15) is 0 Å². The van der Waals surface area contributed by atoms with Gasteiger partial charge in [0.25, 0.3) is 0 Å². The molecule has 1 aliphatic carbocycles. The molecule has 206 valence electrons. The molecule has 0 aromatic heterocycles. The molecule has 2 rings (SSSR count). The molecule has 2 fully saturated rings. The van der Waals surface area contributed by atoms with Crippen molar-refractivity contribution in [2.75, 3.05) is 92.1 Å². The Kier molecular flexibility index (Phi) is 17.6. The summed E-state index contributed by atoms with van der Waals surface area (Å²) >= 11 is 0. The molecule has 2 atom stereocenters. The van der Waals surface area contributed by atoms with Gasteiger partial charge in [-0.2, -0.15) is 0 Å². The summed E-state index contributed by atoms with van der Waals surface area (Å²) in [6.45, 7) is 9.83. The Labute approximate surface area is 212 Å². The summed E-state index contributed by atoms with van der Waals surface area (Å²) < 4.78 is 22.1. The highest BCUT2D eigenvalue weighted by molar-refractivity contribution is 5.75. The minimum Gasteiger partial charge on any atom is -0.379 e. The van der Waals surface area contributed by atoms with E-state index in [1.165, 1.54) is 25.7 Å². The van der Waals surface area contributed by atoms with Crippen molar-refractivity contribution < 1.29 is 23.7 Å². The van der Waals surface area contributed by atoms with Crippen LogP contribution in [0.1, 0.15) is 51.4 Å². The molecule has 0 radical (unpaired) electrons. The smallest absolute Gasteiger partial charge is 0.222 e. The van der Waals surface area contributed by atoms with E-state index in [9.17, 15) is 4.79 Å². The highest BCUT2D eigenvalue weighted by Crippen LogP contribution is 2.20. The molecule has 2 aliphatic rings. The van der Waals surface area contributed by atoms with E-state index < -0.39 is 0 Å². The summed E-state index contributed by atoms with van der Waals surface area (Å²) in [4.78, 5) is 14.5. The second kappa shape index (κ2) is 20.2. The number of ether oxygens (including phenoxy) is 4. The summed E-state index contributed by atoms with van der Waals surface area (Å²) in [5.41, 5.74) is 6.22. The van der Waals surface area contributed by atoms with Crippen LogP contribution in [0, 0.1) is 5.92 Å². The number of nitrogens with two attached hydrogens (primary N) is 2. The van der Waals surface area contributed by atoms with Crippen molar-refractivity contribution in [1.29, 1.82) is 0 Å². The Morgan fingerprint density at radius 3 is 2.00 bits per heavy atom. The topological polar surface area (TPSA) is 125 Å². The van der Waals surface area contributed by atoms with Crippen molar-refractivity contribution in [3.63, 3.8) is 0 Å². The number of amides is 1. The Bertz CT molecular complexity index is 522. The second-order valence-electron chi connectivity index (χ2n) is 9.73. The molecule has 35 heavy (non-hydrogen) atoms. The quantitative estimate of drug-likeness (QED) is 0.195. The standard InChI is InChI=1S/C25H51N5O5/c26-24-6-4-2-1-3-5-23(21-24)22-28-25(31)7-13-32-15-17-34-19-20-35-18-16-33-14-12-29-8-10-30(27)11-9-29/h23-24H,1-22,26-27H2,(H,28,31). The molecule has 0 spiro atoms. The van der Waals surface area contributed by atoms with Gasteiger partial charge in [-0.1, -0.05) is 25.7 Å². The number of carbonyl (C=O) groups excluding carboxylic acids is 1. The van der Waals surface area contributed by atoms with E-state index in [1.54, 1.807) is 0 Å². The van der Waals surface area contributed by atoms with Crippen LogP contribution in [0.4, 0.5) is 0 Å². The predicted molar refractivity (Wildman–Crippen MR) is 137 cm³/mol. The van der Waals surface area contributed by atoms with Gasteiger partial charge in [0, 0.05) is 51.7 Å². The van der Waals surface area contributed by atoms with Crippen LogP contribution in [0.15, 0.2) is 0 Å². The van der Waals surface area contributed by atoms with Crippen LogP contribution in [0.3, 0.4) is 0 Å². The van der Waals surface area contributed by atoms with Crippen LogP contribution in [-0.2, 0) is 23.7 Å². The molecule has 2 unspecified atom stereocenters. The van der Waals surface area contributed by atoms with Crippen molar-refractivity contribution in [2.45, 2.75) is 57.4 Å². The molecular weight excluding hydrogens is 450 g/mol. The van der Waals surface area contributed by atoms with E-state index >= 15 is 0 Å². The van der Waals surface area contributed by atoms with Gasteiger partial charge in [-0.25, -0.2) is 5.01 Å². The first-order chi connectivity index (χ1) is 17.1. The first-order valence-electron chi connectivity index (χ1n) is 13.7. The number of carbonyl (C=O) groups is 1. The van der Waals surface area contributed by atoms with Crippen molar-refractivity contribution in [2.24, 2.45) is 17.5 Å². The van der Waals surface area contributed by atoms with Crippen molar-refractivity contribution in [1.82, 2.24) is 15.2 Å². The van der Waals surface area contributed by atoms with Gasteiger partial charge in [0.2, 0.25) is 5.91 Å². The molecule has 1 aliphatic heterocycles. The lowest BCUT2D eigenvalue weighted by atomic mass is 9.94. The van der Waals surface area contributed by atoms with Gasteiger partial charge in [-0.05, 0) is 25.2 Å². The second-order valence-corrected chi connectivity index (χ2v) is 9.73. The highest BCUT2D eigenvalue weighted by atomic mass is 16.6. The van der Waals surface area contributed by atoms with E-state index in [1.807, 2.05) is 5.01 Å². The van der Waals surface area contributed by atoms with Crippen LogP contribution in [0.5, 0.6) is 0 Å². The molecular formula is C25H51N5O5. The lowest BCUT2D eigenvalue weighted by Gasteiger charge is -2.31. The van der Waals surface area contributed by atoms with E-state index in [0.29, 0.717) is 65.2 Å². The van der Waals surface area contributed by atoms with Crippen molar-refractivity contribution in [3.8, 4) is 0 Å². The van der Waals surface area contributed by atoms with Crippen LogP contribution in [0.25, 0.3) is 0 Å². The molecule has 1 heterocycles. The first kappa shape index (κ1) is 30.4. The minimum atomic E-state index is 0.0492. The van der Waals surface area contributed by atoms with Gasteiger partial charge in [-0.3, -0.25) is 15.5 Å². The van der Waals surface area contributed by atoms with Gasteiger partial charge >= 0.3 is 0 Å². The number of hydrazine groups is 1. The molecule has 0 aromatic carbocycles. The molecule has 10 heteroatoms. The fourth-order valence-electron chi connectivity index (χ4n) is 4.50. The average Bonchev–Trinajstić information content (AvgIpc) is 2.95. The van der Waals surface area contributed by atoms with E-state index in [2.05, 4.69) is 10.2 Å². The molecule has 5 N–H and O–H groups in total. The molecule has 1 saturated carbocycles. The maximum absolute atomic E-state index is 12.1. The maximum Gasteiger partial charge on any atom is 0.222 e. The summed E-state index contributed by atoms with van der Waals surface area (Å²) in [5, 5.41) is 4.92. The van der Waals surface area contributed by atoms with Gasteiger partial charge in [0.15, 0.2) is 0 Å². The zero-order chi connectivity index (χ0) is 25.0. The predicted octanol–water partition coefficient (Wildman–Crippen LogP) is 0.738. The average molecular weight is 502 g/mol. The number of hydrogen-bond acceptors (Lipinski definition) is 9. The molecule has 0 bridgehead atoms. The number of nitrogens with one attached hydrogen (secondary N) is 1. The van der Waals surface area contributed by atoms with E-state index in [0.717, 1.165) is 58.5 Å². The van der Waals surface area contributed by atoms with E-state index in [-0.39, 0.29) is 11.9 Å². The Balaban J connectivity index is 1.30. The van der Waals surface area contributed by atoms with Gasteiger partial charge in [-0.15, -0.1) is 0 Å². The Morgan fingerprint density at radius 2 is 1.34 bits per heavy atom. The number of piperazine rings is 1. The van der Waals surface area contributed by atoms with Crippen LogP contribution in [0.2, 0.25) is 0 Å². The summed E-state index contributed by atoms with van der Waals surface area (Å²) in [5.74, 6) is 6.29. The first-order valence-corrected chi connectivity index (χ1v) is 13.7. The zero-order valence-corrected chi connectivity index (χ0v) is 21.8. The number of hydrogen-bond donors (Lipinski definition) is 3. The van der Waals surface area contributed by atoms with Crippen molar-refractivity contribution >= 4 is 5.91 Å². The lowest BCUT2D eigenvalue weighted by molar-refractivity contribution is -0.122. The number of rotatable bonds is 17. The number of nitrogens with zero attached hydrogens (tertiary/aromatic N) is 2. The molecule has 0 aromatic rings. The fourth-order valence-corrected chi connectivity index (χ4v) is 4.50. The van der Waals surface area contributed by atoms with Gasteiger partial charge < -0.3 is 30.0 Å².